The van der Waals surface area contributed by atoms with Crippen LogP contribution in [-0.4, -0.2) is 46.7 Å². The third kappa shape index (κ3) is 4.11. The number of primary amides is 1. The highest BCUT2D eigenvalue weighted by Gasteiger charge is 2.65. The molecule has 3 N–H and O–H groups in total. The molecule has 1 aromatic heterocycles. The summed E-state index contributed by atoms with van der Waals surface area (Å²) in [5, 5.41) is 9.39. The number of ether oxygens (including phenoxy) is 2. The molecular weight excluding hydrogens is 469 g/mol. The predicted octanol–water partition coefficient (Wildman–Crippen LogP) is 2.68. The number of aromatic nitrogens is 1. The van der Waals surface area contributed by atoms with Crippen LogP contribution in [-0.2, 0) is 9.53 Å². The molecular formula is C21H20F5N3O5. The highest BCUT2D eigenvalue weighted by atomic mass is 19.4. The zero-order valence-electron chi connectivity index (χ0n) is 18.1. The summed E-state index contributed by atoms with van der Waals surface area (Å²) in [5.74, 6) is -8.53. The highest BCUT2D eigenvalue weighted by molar-refractivity contribution is 5.91. The van der Waals surface area contributed by atoms with E-state index in [2.05, 4.69) is 4.99 Å². The van der Waals surface area contributed by atoms with E-state index in [-0.39, 0.29) is 10.9 Å². The largest absolute Gasteiger partial charge is 0.493 e. The van der Waals surface area contributed by atoms with Gasteiger partial charge in [0.25, 0.3) is 11.8 Å². The van der Waals surface area contributed by atoms with Gasteiger partial charge in [-0.25, -0.2) is 9.38 Å². The smallest absolute Gasteiger partial charge is 0.417 e. The number of carbonyl (C=O) groups excluding carboxylic acids is 2. The van der Waals surface area contributed by atoms with E-state index in [0.29, 0.717) is 10.8 Å². The van der Waals surface area contributed by atoms with Crippen LogP contribution in [0.25, 0.3) is 0 Å². The molecule has 2 aromatic rings. The molecule has 1 aromatic carbocycles. The van der Waals surface area contributed by atoms with Crippen molar-refractivity contribution in [1.29, 1.82) is 0 Å². The minimum Gasteiger partial charge on any atom is -0.493 e. The molecule has 4 atom stereocenters. The van der Waals surface area contributed by atoms with E-state index >= 15 is 0 Å². The topological polar surface area (TPSA) is 116 Å². The van der Waals surface area contributed by atoms with Crippen LogP contribution in [0, 0.1) is 17.6 Å². The molecule has 1 aliphatic heterocycles. The Balaban J connectivity index is 2.18. The van der Waals surface area contributed by atoms with Crippen LogP contribution in [0.4, 0.5) is 22.0 Å². The van der Waals surface area contributed by atoms with E-state index in [1.165, 1.54) is 0 Å². The number of carbonyl (C=O) groups is 2. The van der Waals surface area contributed by atoms with Crippen molar-refractivity contribution in [2.24, 2.45) is 16.6 Å². The molecule has 184 valence electrons. The first kappa shape index (κ1) is 25.1. The number of nitrogens with two attached hydrogens (primary N) is 1. The average molecular weight is 489 g/mol. The minimum atomic E-state index is -4.93. The lowest BCUT2D eigenvalue weighted by Crippen LogP contribution is -2.47. The summed E-state index contributed by atoms with van der Waals surface area (Å²) in [5.41, 5.74) is 1.61. The van der Waals surface area contributed by atoms with Gasteiger partial charge in [0.2, 0.25) is 5.82 Å². The van der Waals surface area contributed by atoms with Gasteiger partial charge in [0.05, 0.1) is 12.5 Å². The van der Waals surface area contributed by atoms with Crippen molar-refractivity contribution < 1.29 is 46.2 Å². The van der Waals surface area contributed by atoms with Crippen molar-refractivity contribution in [3.63, 3.8) is 0 Å². The van der Waals surface area contributed by atoms with E-state index in [1.54, 1.807) is 0 Å². The van der Waals surface area contributed by atoms with E-state index in [9.17, 15) is 36.7 Å². The van der Waals surface area contributed by atoms with Crippen LogP contribution in [0.2, 0.25) is 0 Å². The molecule has 2 heterocycles. The van der Waals surface area contributed by atoms with Gasteiger partial charge in [0.1, 0.15) is 11.8 Å². The Kier molecular flexibility index (Phi) is 6.44. The molecule has 0 unspecified atom stereocenters. The Labute approximate surface area is 189 Å². The van der Waals surface area contributed by atoms with E-state index in [0.717, 1.165) is 45.4 Å². The van der Waals surface area contributed by atoms with Gasteiger partial charge in [-0.05, 0) is 25.1 Å². The number of hydrogen-bond acceptors (Lipinski definition) is 5. The molecule has 2 amide bonds. The summed E-state index contributed by atoms with van der Waals surface area (Å²) in [6.45, 7) is 1.90. The lowest BCUT2D eigenvalue weighted by Gasteiger charge is -2.32. The number of hydrogen-bond donors (Lipinski definition) is 2. The predicted molar refractivity (Wildman–Crippen MR) is 105 cm³/mol. The number of halogens is 5. The standard InChI is InChI=1S/C21H20F5N3O5/c1-9-14(11-4-5-12(22)15(23)16(11)33-3)17(34-20(9,2)21(24,25)26)19(31)28-10-6-7-29(32)13(8-10)18(27)30/h4-9,14,17,32H,1-3H3,(H2,27,30)/t9-,14+,17+,20+/m0/s1. The van der Waals surface area contributed by atoms with E-state index in [4.69, 9.17) is 15.2 Å². The van der Waals surface area contributed by atoms with E-state index < -0.39 is 64.6 Å². The molecule has 34 heavy (non-hydrogen) atoms. The second-order valence-corrected chi connectivity index (χ2v) is 7.87. The number of benzene rings is 1. The first-order valence-corrected chi connectivity index (χ1v) is 9.79. The van der Waals surface area contributed by atoms with Crippen molar-refractivity contribution in [3.8, 4) is 5.75 Å². The summed E-state index contributed by atoms with van der Waals surface area (Å²) >= 11 is 0. The molecule has 1 saturated heterocycles. The molecule has 1 fully saturated rings. The maximum absolute atomic E-state index is 14.4. The van der Waals surface area contributed by atoms with Gasteiger partial charge in [0.15, 0.2) is 17.2 Å². The minimum absolute atomic E-state index is 0.211. The zero-order chi connectivity index (χ0) is 25.6. The number of rotatable bonds is 4. The summed E-state index contributed by atoms with van der Waals surface area (Å²) < 4.78 is 80.4. The Bertz CT molecular complexity index is 1210. The van der Waals surface area contributed by atoms with Crippen molar-refractivity contribution in [1.82, 2.24) is 4.73 Å². The van der Waals surface area contributed by atoms with Gasteiger partial charge < -0.3 is 20.4 Å². The second-order valence-electron chi connectivity index (χ2n) is 7.87. The SMILES string of the molecule is COc1c([C@@H]2[C@H](C(=O)N=c3ccn(O)c(C(N)=O)c3)O[C@@](C)(C(F)(F)F)[C@H]2C)ccc(F)c1F. The molecule has 13 heteroatoms. The van der Waals surface area contributed by atoms with Gasteiger partial charge in [-0.3, -0.25) is 9.59 Å². The number of amides is 2. The van der Waals surface area contributed by atoms with Gasteiger partial charge in [-0.15, -0.1) is 0 Å². The highest BCUT2D eigenvalue weighted by Crippen LogP contribution is 2.55. The summed E-state index contributed by atoms with van der Waals surface area (Å²) in [7, 11) is 1.01. The van der Waals surface area contributed by atoms with Crippen LogP contribution >= 0.6 is 0 Å². The number of methoxy groups -OCH3 is 1. The normalized spacial score (nSPS) is 25.4. The number of pyridine rings is 1. The van der Waals surface area contributed by atoms with Gasteiger partial charge in [-0.1, -0.05) is 13.0 Å². The van der Waals surface area contributed by atoms with Crippen LogP contribution in [0.5, 0.6) is 5.75 Å². The molecule has 0 radical (unpaired) electrons. The maximum atomic E-state index is 14.4. The second kappa shape index (κ2) is 8.70. The molecule has 3 rings (SSSR count). The number of nitrogens with zero attached hydrogens (tertiary/aromatic N) is 2. The molecule has 8 nitrogen and oxygen atoms in total. The fourth-order valence-electron chi connectivity index (χ4n) is 3.95. The molecule has 0 bridgehead atoms. The van der Waals surface area contributed by atoms with Gasteiger partial charge >= 0.3 is 6.18 Å². The van der Waals surface area contributed by atoms with Crippen molar-refractivity contribution in [2.75, 3.05) is 7.11 Å². The Hall–Kier alpha value is -3.48. The van der Waals surface area contributed by atoms with Crippen LogP contribution in [0.15, 0.2) is 35.5 Å². The van der Waals surface area contributed by atoms with Crippen LogP contribution in [0.1, 0.15) is 35.8 Å². The fourth-order valence-corrected chi connectivity index (χ4v) is 3.95. The Morgan fingerprint density at radius 1 is 1.26 bits per heavy atom. The van der Waals surface area contributed by atoms with E-state index in [1.807, 2.05) is 0 Å². The van der Waals surface area contributed by atoms with Gasteiger partial charge in [-0.2, -0.15) is 22.3 Å². The van der Waals surface area contributed by atoms with Crippen molar-refractivity contribution in [3.05, 3.63) is 58.7 Å². The van der Waals surface area contributed by atoms with Crippen molar-refractivity contribution >= 4 is 11.8 Å². The Morgan fingerprint density at radius 3 is 2.47 bits per heavy atom. The molecule has 0 saturated carbocycles. The zero-order valence-corrected chi connectivity index (χ0v) is 18.1. The summed E-state index contributed by atoms with van der Waals surface area (Å²) in [6.07, 6.45) is -5.86. The third-order valence-electron chi connectivity index (χ3n) is 5.97. The van der Waals surface area contributed by atoms with Gasteiger partial charge in [0, 0.05) is 23.6 Å². The number of alkyl halides is 3. The third-order valence-corrected chi connectivity index (χ3v) is 5.97. The fraction of sp³-hybridized carbons (Fsp3) is 0.381. The lowest BCUT2D eigenvalue weighted by atomic mass is 9.77. The first-order chi connectivity index (χ1) is 15.7. The quantitative estimate of drug-likeness (QED) is 0.506. The van der Waals surface area contributed by atoms with Crippen molar-refractivity contribution in [2.45, 2.75) is 37.6 Å². The molecule has 0 aliphatic carbocycles. The maximum Gasteiger partial charge on any atom is 0.417 e. The summed E-state index contributed by atoms with van der Waals surface area (Å²) in [6, 6.07) is 3.76. The van der Waals surface area contributed by atoms with Crippen LogP contribution in [0.3, 0.4) is 0 Å². The Morgan fingerprint density at radius 2 is 1.91 bits per heavy atom. The molecule has 0 spiro atoms. The first-order valence-electron chi connectivity index (χ1n) is 9.79. The monoisotopic (exact) mass is 489 g/mol. The lowest BCUT2D eigenvalue weighted by molar-refractivity contribution is -0.272. The van der Waals surface area contributed by atoms with Crippen LogP contribution < -0.4 is 15.8 Å². The summed E-state index contributed by atoms with van der Waals surface area (Å²) in [4.78, 5) is 28.1. The molecule has 1 aliphatic rings. The average Bonchev–Trinajstić information content (AvgIpc) is 3.03.